The van der Waals surface area contributed by atoms with Crippen LogP contribution < -0.4 is 5.73 Å². The molecule has 1 aliphatic carbocycles. The van der Waals surface area contributed by atoms with Crippen LogP contribution in [0.5, 0.6) is 0 Å². The molecular weight excluding hydrogens is 178 g/mol. The van der Waals surface area contributed by atoms with Crippen molar-refractivity contribution in [2.75, 3.05) is 0 Å². The average molecular weight is 201 g/mol. The number of hydrogen-bond acceptors (Lipinski definition) is 2. The van der Waals surface area contributed by atoms with E-state index in [4.69, 9.17) is 15.6 Å². The fourth-order valence-electron chi connectivity index (χ4n) is 2.09. The molecule has 0 spiro atoms. The average Bonchev–Trinajstić information content (AvgIpc) is 2.09. The van der Waals surface area contributed by atoms with E-state index in [0.29, 0.717) is 6.04 Å². The predicted octanol–water partition coefficient (Wildman–Crippen LogP) is 2.25. The van der Waals surface area contributed by atoms with Crippen molar-refractivity contribution >= 4 is 6.47 Å². The van der Waals surface area contributed by atoms with Gasteiger partial charge in [-0.3, -0.25) is 4.79 Å². The molecule has 0 bridgehead atoms. The van der Waals surface area contributed by atoms with Crippen molar-refractivity contribution in [1.82, 2.24) is 0 Å². The van der Waals surface area contributed by atoms with Crippen LogP contribution in [0.15, 0.2) is 0 Å². The second-order valence-corrected chi connectivity index (χ2v) is 4.44. The standard InChI is InChI=1S/C10H21N.CH2O2/c1-8-3-5-10(6-4-8)7-9(2)11;2-1-3/h8-10H,3-7,11H2,1-2H3;1H,(H,2,3). The summed E-state index contributed by atoms with van der Waals surface area (Å²) in [5.74, 6) is 1.91. The zero-order valence-electron chi connectivity index (χ0n) is 9.28. The van der Waals surface area contributed by atoms with Crippen LogP contribution in [-0.2, 0) is 4.79 Å². The van der Waals surface area contributed by atoms with Crippen molar-refractivity contribution in [3.05, 3.63) is 0 Å². The molecule has 3 N–H and O–H groups in total. The molecule has 1 aliphatic rings. The van der Waals surface area contributed by atoms with Gasteiger partial charge in [0.25, 0.3) is 6.47 Å². The SMILES string of the molecule is CC(N)CC1CCC(C)CC1.O=CO. The Morgan fingerprint density at radius 3 is 2.21 bits per heavy atom. The summed E-state index contributed by atoms with van der Waals surface area (Å²) in [6, 6.07) is 0.411. The minimum Gasteiger partial charge on any atom is -0.483 e. The van der Waals surface area contributed by atoms with Gasteiger partial charge in [0.1, 0.15) is 0 Å². The van der Waals surface area contributed by atoms with Crippen molar-refractivity contribution in [1.29, 1.82) is 0 Å². The summed E-state index contributed by atoms with van der Waals surface area (Å²) in [7, 11) is 0. The van der Waals surface area contributed by atoms with E-state index in [2.05, 4.69) is 13.8 Å². The van der Waals surface area contributed by atoms with E-state index in [0.717, 1.165) is 11.8 Å². The summed E-state index contributed by atoms with van der Waals surface area (Å²) in [6.07, 6.45) is 6.94. The number of nitrogens with two attached hydrogens (primary N) is 1. The Kier molecular flexibility index (Phi) is 7.48. The van der Waals surface area contributed by atoms with E-state index in [9.17, 15) is 0 Å². The van der Waals surface area contributed by atoms with Crippen molar-refractivity contribution < 1.29 is 9.90 Å². The van der Waals surface area contributed by atoms with E-state index >= 15 is 0 Å². The Morgan fingerprint density at radius 2 is 1.86 bits per heavy atom. The van der Waals surface area contributed by atoms with Crippen molar-refractivity contribution in [2.24, 2.45) is 17.6 Å². The van der Waals surface area contributed by atoms with Gasteiger partial charge in [-0.2, -0.15) is 0 Å². The summed E-state index contributed by atoms with van der Waals surface area (Å²) < 4.78 is 0. The number of hydrogen-bond donors (Lipinski definition) is 2. The molecule has 0 amide bonds. The van der Waals surface area contributed by atoms with Gasteiger partial charge in [0.15, 0.2) is 0 Å². The lowest BCUT2D eigenvalue weighted by Gasteiger charge is -2.27. The van der Waals surface area contributed by atoms with E-state index in [1.807, 2.05) is 0 Å². The third-order valence-corrected chi connectivity index (χ3v) is 2.84. The van der Waals surface area contributed by atoms with E-state index in [-0.39, 0.29) is 6.47 Å². The van der Waals surface area contributed by atoms with Crippen molar-refractivity contribution in [2.45, 2.75) is 52.0 Å². The number of carboxylic acid groups (broad SMARTS) is 1. The number of rotatable bonds is 2. The molecule has 1 unspecified atom stereocenters. The molecule has 1 fully saturated rings. The molecular formula is C11H23NO2. The van der Waals surface area contributed by atoms with Gasteiger partial charge in [-0.25, -0.2) is 0 Å². The van der Waals surface area contributed by atoms with Crippen LogP contribution in [0.4, 0.5) is 0 Å². The topological polar surface area (TPSA) is 63.3 Å². The summed E-state index contributed by atoms with van der Waals surface area (Å²) in [4.78, 5) is 8.36. The van der Waals surface area contributed by atoms with E-state index in [1.54, 1.807) is 0 Å². The highest BCUT2D eigenvalue weighted by Gasteiger charge is 2.18. The molecule has 0 aromatic rings. The molecule has 3 heteroatoms. The Balaban J connectivity index is 0.000000500. The van der Waals surface area contributed by atoms with Crippen LogP contribution in [0.25, 0.3) is 0 Å². The van der Waals surface area contributed by atoms with Gasteiger partial charge in [-0.15, -0.1) is 0 Å². The first-order valence-corrected chi connectivity index (χ1v) is 5.43. The minimum absolute atomic E-state index is 0.250. The van der Waals surface area contributed by atoms with Gasteiger partial charge >= 0.3 is 0 Å². The first kappa shape index (κ1) is 13.4. The third-order valence-electron chi connectivity index (χ3n) is 2.84. The Morgan fingerprint density at radius 1 is 1.43 bits per heavy atom. The minimum atomic E-state index is -0.250. The zero-order valence-corrected chi connectivity index (χ0v) is 9.28. The van der Waals surface area contributed by atoms with Crippen LogP contribution in [0.2, 0.25) is 0 Å². The molecule has 0 radical (unpaired) electrons. The molecule has 3 nitrogen and oxygen atoms in total. The summed E-state index contributed by atoms with van der Waals surface area (Å²) >= 11 is 0. The second kappa shape index (κ2) is 7.80. The van der Waals surface area contributed by atoms with Gasteiger partial charge in [-0.05, 0) is 25.2 Å². The molecule has 0 heterocycles. The van der Waals surface area contributed by atoms with Crippen LogP contribution in [0.1, 0.15) is 46.0 Å². The van der Waals surface area contributed by atoms with Crippen LogP contribution in [0.3, 0.4) is 0 Å². The predicted molar refractivity (Wildman–Crippen MR) is 58.1 cm³/mol. The lowest BCUT2D eigenvalue weighted by atomic mass is 9.80. The van der Waals surface area contributed by atoms with Crippen LogP contribution in [0, 0.1) is 11.8 Å². The lowest BCUT2D eigenvalue weighted by Crippen LogP contribution is -2.22. The van der Waals surface area contributed by atoms with Gasteiger partial charge in [0, 0.05) is 6.04 Å². The molecule has 0 saturated heterocycles. The van der Waals surface area contributed by atoms with Gasteiger partial charge < -0.3 is 10.8 Å². The quantitative estimate of drug-likeness (QED) is 0.673. The van der Waals surface area contributed by atoms with Crippen molar-refractivity contribution in [3.8, 4) is 0 Å². The molecule has 0 aliphatic heterocycles. The molecule has 14 heavy (non-hydrogen) atoms. The second-order valence-electron chi connectivity index (χ2n) is 4.44. The maximum Gasteiger partial charge on any atom is 0.290 e. The monoisotopic (exact) mass is 201 g/mol. The fourth-order valence-corrected chi connectivity index (χ4v) is 2.09. The van der Waals surface area contributed by atoms with Gasteiger partial charge in [0.05, 0.1) is 0 Å². The lowest BCUT2D eigenvalue weighted by molar-refractivity contribution is -0.122. The van der Waals surface area contributed by atoms with E-state index < -0.39 is 0 Å². The summed E-state index contributed by atoms with van der Waals surface area (Å²) in [5.41, 5.74) is 5.76. The summed E-state index contributed by atoms with van der Waals surface area (Å²) in [5, 5.41) is 6.89. The fraction of sp³-hybridized carbons (Fsp3) is 0.909. The molecule has 1 rings (SSSR count). The van der Waals surface area contributed by atoms with Gasteiger partial charge in [0.2, 0.25) is 0 Å². The highest BCUT2D eigenvalue weighted by atomic mass is 16.3. The van der Waals surface area contributed by atoms with Gasteiger partial charge in [-0.1, -0.05) is 32.6 Å². The van der Waals surface area contributed by atoms with E-state index in [1.165, 1.54) is 32.1 Å². The molecule has 84 valence electrons. The molecule has 1 saturated carbocycles. The van der Waals surface area contributed by atoms with Crippen LogP contribution in [-0.4, -0.2) is 17.6 Å². The maximum atomic E-state index is 8.36. The first-order valence-electron chi connectivity index (χ1n) is 5.43. The normalized spacial score (nSPS) is 28.5. The van der Waals surface area contributed by atoms with Crippen LogP contribution >= 0.6 is 0 Å². The third kappa shape index (κ3) is 6.89. The molecule has 0 aromatic carbocycles. The number of carbonyl (C=O) groups is 1. The van der Waals surface area contributed by atoms with Crippen molar-refractivity contribution in [3.63, 3.8) is 0 Å². The Bertz CT molecular complexity index is 140. The maximum absolute atomic E-state index is 8.36. The zero-order chi connectivity index (χ0) is 11.0. The highest BCUT2D eigenvalue weighted by Crippen LogP contribution is 2.30. The highest BCUT2D eigenvalue weighted by molar-refractivity contribution is 5.32. The Hall–Kier alpha value is -0.570. The molecule has 1 atom stereocenters. The molecule has 0 aromatic heterocycles. The first-order chi connectivity index (χ1) is 6.60. The Labute approximate surface area is 86.7 Å². The largest absolute Gasteiger partial charge is 0.483 e. The summed E-state index contributed by atoms with van der Waals surface area (Å²) in [6.45, 7) is 4.24. The smallest absolute Gasteiger partial charge is 0.290 e.